The van der Waals surface area contributed by atoms with Crippen LogP contribution in [0.2, 0.25) is 0 Å². The molecule has 3 fully saturated rings. The molecule has 3 aliphatic heterocycles. The normalized spacial score (nSPS) is 34.5. The predicted octanol–water partition coefficient (Wildman–Crippen LogP) is 2.14. The van der Waals surface area contributed by atoms with Crippen molar-refractivity contribution in [1.29, 1.82) is 0 Å². The van der Waals surface area contributed by atoms with Gasteiger partial charge >= 0.3 is 14.0 Å². The summed E-state index contributed by atoms with van der Waals surface area (Å²) in [5.41, 5.74) is 6.26. The summed E-state index contributed by atoms with van der Waals surface area (Å²) in [5.74, 6) is 0.180. The summed E-state index contributed by atoms with van der Waals surface area (Å²) in [6.07, 6.45) is 2.67. The van der Waals surface area contributed by atoms with Crippen molar-refractivity contribution in [3.63, 3.8) is 0 Å². The summed E-state index contributed by atoms with van der Waals surface area (Å²) in [4.78, 5) is 24.2. The Balaban J connectivity index is 1.23. The van der Waals surface area contributed by atoms with Crippen molar-refractivity contribution in [2.45, 2.75) is 43.4 Å². The molecule has 0 spiro atoms. The molecule has 0 aliphatic carbocycles. The Morgan fingerprint density at radius 2 is 2.14 bits per heavy atom. The van der Waals surface area contributed by atoms with Gasteiger partial charge in [-0.15, -0.1) is 0 Å². The molecule has 15 heteroatoms. The summed E-state index contributed by atoms with van der Waals surface area (Å²) in [6, 6.07) is 3.55. The number of carbonyl (C=O) groups is 1. The number of pyridine rings is 1. The van der Waals surface area contributed by atoms with Gasteiger partial charge in [0.15, 0.2) is 23.2 Å². The summed E-state index contributed by atoms with van der Waals surface area (Å²) in [5, 5.41) is 4.19. The number of anilines is 1. The number of fused-ring (bicyclic) bond motifs is 2. The number of phosphoric acid groups is 1. The number of carbonyl (C=O) groups excluding carboxylic acids is 1. The maximum Gasteiger partial charge on any atom is 0.509 e. The van der Waals surface area contributed by atoms with Crippen LogP contribution in [-0.4, -0.2) is 61.7 Å². The first-order chi connectivity index (χ1) is 16.9. The second kappa shape index (κ2) is 8.21. The van der Waals surface area contributed by atoms with Gasteiger partial charge in [-0.05, 0) is 24.6 Å². The minimum atomic E-state index is -3.92. The van der Waals surface area contributed by atoms with Crippen LogP contribution in [0.5, 0.6) is 0 Å². The number of hydrogen-bond donors (Lipinski definition) is 1. The highest BCUT2D eigenvalue weighted by atomic mass is 31.2. The third kappa shape index (κ3) is 3.74. The third-order valence-electron chi connectivity index (χ3n) is 6.25. The fourth-order valence-electron chi connectivity index (χ4n) is 4.58. The number of ether oxygens (including phenoxy) is 3. The minimum absolute atomic E-state index is 0.180. The molecule has 3 aromatic heterocycles. The van der Waals surface area contributed by atoms with Crippen LogP contribution >= 0.6 is 7.82 Å². The zero-order valence-corrected chi connectivity index (χ0v) is 19.3. The van der Waals surface area contributed by atoms with E-state index >= 15 is 0 Å². The van der Waals surface area contributed by atoms with E-state index in [0.29, 0.717) is 17.8 Å². The lowest BCUT2D eigenvalue weighted by Crippen LogP contribution is -2.41. The molecule has 0 bridgehead atoms. The molecule has 6 rings (SSSR count). The van der Waals surface area contributed by atoms with E-state index in [9.17, 15) is 9.36 Å². The van der Waals surface area contributed by atoms with Gasteiger partial charge in [0, 0.05) is 18.8 Å². The van der Waals surface area contributed by atoms with Gasteiger partial charge in [0.05, 0.1) is 31.2 Å². The van der Waals surface area contributed by atoms with E-state index in [1.54, 1.807) is 31.5 Å². The molecule has 0 unspecified atom stereocenters. The molecule has 3 aliphatic rings. The van der Waals surface area contributed by atoms with E-state index in [0.717, 1.165) is 5.56 Å². The van der Waals surface area contributed by atoms with Gasteiger partial charge < -0.3 is 19.9 Å². The number of phosphoric ester groups is 1. The van der Waals surface area contributed by atoms with Gasteiger partial charge in [-0.1, -0.05) is 0 Å². The second-order valence-corrected chi connectivity index (χ2v) is 10.1. The van der Waals surface area contributed by atoms with Crippen LogP contribution in [0, 0.1) is 0 Å². The molecule has 0 saturated carbocycles. The molecule has 2 N–H and O–H groups in total. The first kappa shape index (κ1) is 22.3. The maximum absolute atomic E-state index is 13.2. The average Bonchev–Trinajstić information content (AvgIpc) is 3.48. The highest BCUT2D eigenvalue weighted by molar-refractivity contribution is 7.48. The topological polar surface area (TPSA) is 172 Å². The van der Waals surface area contributed by atoms with Gasteiger partial charge in [0.1, 0.15) is 18.5 Å². The molecule has 6 heterocycles. The Morgan fingerprint density at radius 1 is 1.31 bits per heavy atom. The molecular formula is C20H21N6O8P. The predicted molar refractivity (Wildman–Crippen MR) is 115 cm³/mol. The summed E-state index contributed by atoms with van der Waals surface area (Å²) >= 11 is 0. The smallest absolute Gasteiger partial charge is 0.424 e. The van der Waals surface area contributed by atoms with Gasteiger partial charge in [-0.25, -0.2) is 23.8 Å². The zero-order valence-electron chi connectivity index (χ0n) is 18.4. The standard InChI is InChI=1S/C20H21N6O8P/c1-20-15(12-8-23-18-17(21)24-10-25-26(12)18)31-14(16(20)32-19(27)33-20)9-30-35(28)29-7-4-13(34-35)11-2-5-22-6-3-11/h2-3,5-6,8,10,13-16H,4,7,9H2,1H3,(H2,21,24,25)/t13-,14+,15-,16+,20-,35+/m0/s1. The van der Waals surface area contributed by atoms with E-state index in [-0.39, 0.29) is 19.0 Å². The van der Waals surface area contributed by atoms with Crippen LogP contribution in [0.25, 0.3) is 5.65 Å². The molecule has 184 valence electrons. The largest absolute Gasteiger partial charge is 0.509 e. The lowest BCUT2D eigenvalue weighted by atomic mass is 9.91. The Kier molecular flexibility index (Phi) is 5.23. The van der Waals surface area contributed by atoms with Crippen molar-refractivity contribution in [1.82, 2.24) is 24.6 Å². The Hall–Kier alpha value is -3.16. The number of rotatable bonds is 5. The van der Waals surface area contributed by atoms with Crippen molar-refractivity contribution in [3.05, 3.63) is 48.3 Å². The van der Waals surface area contributed by atoms with Crippen molar-refractivity contribution < 1.29 is 37.1 Å². The molecule has 0 radical (unpaired) electrons. The Bertz CT molecular complexity index is 1320. The Morgan fingerprint density at radius 3 is 2.97 bits per heavy atom. The fraction of sp³-hybridized carbons (Fsp3) is 0.450. The number of nitrogens with zero attached hydrogens (tertiary/aromatic N) is 5. The van der Waals surface area contributed by atoms with Gasteiger partial charge in [0.25, 0.3) is 0 Å². The van der Waals surface area contributed by atoms with E-state index < -0.39 is 44.0 Å². The molecular weight excluding hydrogens is 483 g/mol. The SMILES string of the molecule is C[C@@]12OC(=O)O[C@@H]1[C@@H](CO[P@@]1(=O)OCC[C@@H](c3ccncc3)O1)O[C@H]2c1cnc2c(N)ncnn12. The minimum Gasteiger partial charge on any atom is -0.424 e. The first-order valence-electron chi connectivity index (χ1n) is 10.8. The lowest BCUT2D eigenvalue weighted by Gasteiger charge is -2.29. The van der Waals surface area contributed by atoms with Crippen molar-refractivity contribution in [2.24, 2.45) is 0 Å². The van der Waals surface area contributed by atoms with Crippen molar-refractivity contribution in [2.75, 3.05) is 18.9 Å². The Labute approximate surface area is 198 Å². The number of hydrogen-bond acceptors (Lipinski definition) is 13. The van der Waals surface area contributed by atoms with Gasteiger partial charge in [0.2, 0.25) is 0 Å². The maximum atomic E-state index is 13.2. The van der Waals surface area contributed by atoms with Crippen LogP contribution in [0.4, 0.5) is 10.6 Å². The zero-order chi connectivity index (χ0) is 24.2. The van der Waals surface area contributed by atoms with Crippen molar-refractivity contribution in [3.8, 4) is 0 Å². The van der Waals surface area contributed by atoms with E-state index in [1.165, 1.54) is 17.0 Å². The van der Waals surface area contributed by atoms with Crippen molar-refractivity contribution >= 4 is 25.4 Å². The highest BCUT2D eigenvalue weighted by Crippen LogP contribution is 2.58. The fourth-order valence-corrected chi connectivity index (χ4v) is 5.97. The van der Waals surface area contributed by atoms with Crippen LogP contribution in [0.3, 0.4) is 0 Å². The average molecular weight is 504 g/mol. The highest BCUT2D eigenvalue weighted by Gasteiger charge is 2.64. The van der Waals surface area contributed by atoms with E-state index in [2.05, 4.69) is 20.1 Å². The molecule has 6 atom stereocenters. The molecule has 35 heavy (non-hydrogen) atoms. The van der Waals surface area contributed by atoms with Crippen LogP contribution in [0.1, 0.15) is 36.8 Å². The number of nitrogens with two attached hydrogens (primary N) is 1. The van der Waals surface area contributed by atoms with E-state index in [1.807, 2.05) is 0 Å². The monoisotopic (exact) mass is 504 g/mol. The number of aromatic nitrogens is 5. The summed E-state index contributed by atoms with van der Waals surface area (Å²) in [7, 11) is -3.92. The molecule has 0 aromatic carbocycles. The second-order valence-electron chi connectivity index (χ2n) is 8.43. The van der Waals surface area contributed by atoms with Crippen LogP contribution in [-0.2, 0) is 32.3 Å². The van der Waals surface area contributed by atoms with Gasteiger partial charge in [-0.3, -0.25) is 18.6 Å². The quantitative estimate of drug-likeness (QED) is 0.396. The summed E-state index contributed by atoms with van der Waals surface area (Å²) in [6.45, 7) is 1.61. The van der Waals surface area contributed by atoms with E-state index in [4.69, 9.17) is 33.5 Å². The lowest BCUT2D eigenvalue weighted by molar-refractivity contribution is -0.0650. The summed E-state index contributed by atoms with van der Waals surface area (Å²) < 4.78 is 48.4. The number of imidazole rings is 1. The third-order valence-corrected chi connectivity index (χ3v) is 7.72. The van der Waals surface area contributed by atoms with Gasteiger partial charge in [-0.2, -0.15) is 5.10 Å². The van der Waals surface area contributed by atoms with Crippen LogP contribution < -0.4 is 5.73 Å². The van der Waals surface area contributed by atoms with Crippen LogP contribution in [0.15, 0.2) is 37.1 Å². The molecule has 14 nitrogen and oxygen atoms in total. The molecule has 3 aromatic rings. The molecule has 3 saturated heterocycles. The first-order valence-corrected chi connectivity index (χ1v) is 12.3. The number of nitrogen functional groups attached to an aromatic ring is 1. The molecule has 0 amide bonds.